The molecule has 8 heteroatoms. The number of methoxy groups -OCH3 is 2. The van der Waals surface area contributed by atoms with Crippen LogP contribution in [0.1, 0.15) is 21.7 Å². The third-order valence-corrected chi connectivity index (χ3v) is 5.34. The Labute approximate surface area is 194 Å². The lowest BCUT2D eigenvalue weighted by molar-refractivity contribution is 0.0697. The quantitative estimate of drug-likeness (QED) is 0.437. The largest absolute Gasteiger partial charge is 0.493 e. The van der Waals surface area contributed by atoms with Gasteiger partial charge in [-0.3, -0.25) is 9.36 Å². The van der Waals surface area contributed by atoms with E-state index in [4.69, 9.17) is 21.1 Å². The summed E-state index contributed by atoms with van der Waals surface area (Å²) >= 11 is 6.31. The molecule has 0 aliphatic carbocycles. The molecular weight excluding hydrogens is 444 g/mol. The number of carboxylic acid groups (broad SMARTS) is 1. The molecule has 1 heterocycles. The second kappa shape index (κ2) is 9.18. The molecule has 7 nitrogen and oxygen atoms in total. The molecule has 166 valence electrons. The fraction of sp³-hybridized carbons (Fsp3) is 0.0800. The van der Waals surface area contributed by atoms with E-state index in [1.165, 1.54) is 30.9 Å². The fourth-order valence-corrected chi connectivity index (χ4v) is 3.77. The predicted molar refractivity (Wildman–Crippen MR) is 128 cm³/mol. The summed E-state index contributed by atoms with van der Waals surface area (Å²) in [5.74, 6) is 0.219. The number of rotatable bonds is 6. The van der Waals surface area contributed by atoms with Gasteiger partial charge in [0.2, 0.25) is 0 Å². The number of halogens is 1. The Morgan fingerprint density at radius 1 is 1.03 bits per heavy atom. The molecule has 0 aliphatic rings. The van der Waals surface area contributed by atoms with Crippen molar-refractivity contribution in [2.75, 3.05) is 14.2 Å². The number of benzene rings is 3. The van der Waals surface area contributed by atoms with E-state index in [0.717, 1.165) is 0 Å². The van der Waals surface area contributed by atoms with Gasteiger partial charge >= 0.3 is 5.97 Å². The Balaban J connectivity index is 1.88. The van der Waals surface area contributed by atoms with Gasteiger partial charge in [0.05, 0.1) is 41.4 Å². The van der Waals surface area contributed by atoms with Crippen molar-refractivity contribution >= 4 is 40.6 Å². The molecule has 3 aromatic carbocycles. The summed E-state index contributed by atoms with van der Waals surface area (Å²) in [7, 11) is 3.03. The van der Waals surface area contributed by atoms with Crippen LogP contribution in [0.4, 0.5) is 0 Å². The molecule has 0 saturated heterocycles. The number of hydrogen-bond donors (Lipinski definition) is 1. The van der Waals surface area contributed by atoms with Crippen LogP contribution in [0.2, 0.25) is 5.02 Å². The SMILES string of the molecule is COc1cc(/C=C/c2nc3ccccc3c(=O)n2-c2ccc(C(=O)O)cc2)cc(Cl)c1OC. The Kier molecular flexibility index (Phi) is 6.15. The van der Waals surface area contributed by atoms with Crippen molar-refractivity contribution in [1.82, 2.24) is 9.55 Å². The van der Waals surface area contributed by atoms with Gasteiger partial charge in [-0.25, -0.2) is 9.78 Å². The number of aromatic nitrogens is 2. The van der Waals surface area contributed by atoms with Crippen LogP contribution in [-0.4, -0.2) is 34.8 Å². The topological polar surface area (TPSA) is 90.7 Å². The van der Waals surface area contributed by atoms with Gasteiger partial charge in [-0.15, -0.1) is 0 Å². The first-order valence-electron chi connectivity index (χ1n) is 9.88. The maximum Gasteiger partial charge on any atom is 0.335 e. The maximum absolute atomic E-state index is 13.3. The molecule has 0 atom stereocenters. The number of carboxylic acids is 1. The Morgan fingerprint density at radius 3 is 2.42 bits per heavy atom. The van der Waals surface area contributed by atoms with E-state index in [9.17, 15) is 14.7 Å². The number of para-hydroxylation sites is 1. The predicted octanol–water partition coefficient (Wildman–Crippen LogP) is 4.92. The van der Waals surface area contributed by atoms with Crippen molar-refractivity contribution in [2.45, 2.75) is 0 Å². The standard InChI is InChI=1S/C25H19ClN2O5/c1-32-21-14-15(13-19(26)23(21)33-2)7-12-22-27-20-6-4-3-5-18(20)24(29)28(22)17-10-8-16(9-11-17)25(30)31/h3-14H,1-2H3,(H,30,31)/b12-7+. The first-order valence-corrected chi connectivity index (χ1v) is 10.3. The lowest BCUT2D eigenvalue weighted by Crippen LogP contribution is -2.22. The molecule has 0 radical (unpaired) electrons. The van der Waals surface area contributed by atoms with E-state index in [1.54, 1.807) is 54.6 Å². The summed E-state index contributed by atoms with van der Waals surface area (Å²) in [4.78, 5) is 29.2. The van der Waals surface area contributed by atoms with Crippen molar-refractivity contribution in [1.29, 1.82) is 0 Å². The van der Waals surface area contributed by atoms with Crippen molar-refractivity contribution in [3.63, 3.8) is 0 Å². The summed E-state index contributed by atoms with van der Waals surface area (Å²) in [5, 5.41) is 10.0. The minimum Gasteiger partial charge on any atom is -0.493 e. The molecule has 1 N–H and O–H groups in total. The van der Waals surface area contributed by atoms with Crippen molar-refractivity contribution in [3.05, 3.63) is 93.0 Å². The zero-order valence-electron chi connectivity index (χ0n) is 17.8. The Bertz CT molecular complexity index is 1440. The molecule has 4 rings (SSSR count). The molecule has 0 aliphatic heterocycles. The van der Waals surface area contributed by atoms with Crippen LogP contribution in [0.3, 0.4) is 0 Å². The number of ether oxygens (including phenoxy) is 2. The molecule has 4 aromatic rings. The summed E-state index contributed by atoms with van der Waals surface area (Å²) in [6.07, 6.45) is 3.45. The number of aromatic carboxylic acids is 1. The minimum atomic E-state index is -1.05. The first-order chi connectivity index (χ1) is 15.9. The highest BCUT2D eigenvalue weighted by atomic mass is 35.5. The molecule has 0 bridgehead atoms. The van der Waals surface area contributed by atoms with Crippen LogP contribution < -0.4 is 15.0 Å². The lowest BCUT2D eigenvalue weighted by atomic mass is 10.1. The molecule has 33 heavy (non-hydrogen) atoms. The van der Waals surface area contributed by atoms with Crippen LogP contribution >= 0.6 is 11.6 Å². The highest BCUT2D eigenvalue weighted by Gasteiger charge is 2.13. The van der Waals surface area contributed by atoms with E-state index in [1.807, 2.05) is 6.07 Å². The zero-order valence-corrected chi connectivity index (χ0v) is 18.5. The Hall–Kier alpha value is -4.10. The van der Waals surface area contributed by atoms with Crippen LogP contribution in [0.15, 0.2) is 65.5 Å². The molecule has 0 unspecified atom stereocenters. The second-order valence-electron chi connectivity index (χ2n) is 7.05. The zero-order chi connectivity index (χ0) is 23.5. The van der Waals surface area contributed by atoms with E-state index in [0.29, 0.717) is 44.5 Å². The first kappa shape index (κ1) is 22.1. The smallest absolute Gasteiger partial charge is 0.335 e. The van der Waals surface area contributed by atoms with Crippen LogP contribution in [-0.2, 0) is 0 Å². The maximum atomic E-state index is 13.3. The molecule has 0 amide bonds. The molecule has 0 saturated carbocycles. The molecular formula is C25H19ClN2O5. The number of fused-ring (bicyclic) bond motifs is 1. The summed E-state index contributed by atoms with van der Waals surface area (Å²) in [5.41, 5.74) is 1.61. The van der Waals surface area contributed by atoms with E-state index >= 15 is 0 Å². The van der Waals surface area contributed by atoms with Gasteiger partial charge in [0.1, 0.15) is 5.82 Å². The van der Waals surface area contributed by atoms with Gasteiger partial charge in [-0.1, -0.05) is 29.8 Å². The van der Waals surface area contributed by atoms with Crippen LogP contribution in [0.25, 0.3) is 28.7 Å². The van der Waals surface area contributed by atoms with Crippen molar-refractivity contribution in [3.8, 4) is 17.2 Å². The highest BCUT2D eigenvalue weighted by molar-refractivity contribution is 6.32. The third kappa shape index (κ3) is 4.31. The summed E-state index contributed by atoms with van der Waals surface area (Å²) < 4.78 is 12.1. The monoisotopic (exact) mass is 462 g/mol. The van der Waals surface area contributed by atoms with Gasteiger partial charge in [0, 0.05) is 0 Å². The number of nitrogens with zero attached hydrogens (tertiary/aromatic N) is 2. The van der Waals surface area contributed by atoms with E-state index in [-0.39, 0.29) is 11.1 Å². The third-order valence-electron chi connectivity index (χ3n) is 5.05. The van der Waals surface area contributed by atoms with Gasteiger partial charge in [-0.05, 0) is 60.2 Å². The van der Waals surface area contributed by atoms with Crippen LogP contribution in [0, 0.1) is 0 Å². The van der Waals surface area contributed by atoms with Gasteiger partial charge in [0.25, 0.3) is 5.56 Å². The van der Waals surface area contributed by atoms with Crippen molar-refractivity contribution in [2.24, 2.45) is 0 Å². The van der Waals surface area contributed by atoms with Gasteiger partial charge in [0.15, 0.2) is 11.5 Å². The minimum absolute atomic E-state index is 0.123. The van der Waals surface area contributed by atoms with E-state index < -0.39 is 5.97 Å². The second-order valence-corrected chi connectivity index (χ2v) is 7.46. The Morgan fingerprint density at radius 2 is 1.76 bits per heavy atom. The molecule has 0 spiro atoms. The average Bonchev–Trinajstić information content (AvgIpc) is 2.82. The number of carbonyl (C=O) groups is 1. The lowest BCUT2D eigenvalue weighted by Gasteiger charge is -2.12. The number of hydrogen-bond acceptors (Lipinski definition) is 5. The molecule has 1 aromatic heterocycles. The van der Waals surface area contributed by atoms with Gasteiger partial charge in [-0.2, -0.15) is 0 Å². The summed E-state index contributed by atoms with van der Waals surface area (Å²) in [6.45, 7) is 0. The van der Waals surface area contributed by atoms with E-state index in [2.05, 4.69) is 4.98 Å². The van der Waals surface area contributed by atoms with Gasteiger partial charge < -0.3 is 14.6 Å². The van der Waals surface area contributed by atoms with Crippen molar-refractivity contribution < 1.29 is 19.4 Å². The fourth-order valence-electron chi connectivity index (χ4n) is 3.47. The highest BCUT2D eigenvalue weighted by Crippen LogP contribution is 2.36. The summed E-state index contributed by atoms with van der Waals surface area (Å²) in [6, 6.07) is 16.6. The van der Waals surface area contributed by atoms with Crippen LogP contribution in [0.5, 0.6) is 11.5 Å². The average molecular weight is 463 g/mol. The molecule has 0 fully saturated rings. The normalized spacial score (nSPS) is 11.1.